The average Bonchev–Trinajstić information content (AvgIpc) is 2.95. The maximum absolute atomic E-state index is 13.5. The number of pyridine rings is 2. The molecule has 3 aromatic rings. The normalized spacial score (nSPS) is 14.1. The van der Waals surface area contributed by atoms with Crippen molar-refractivity contribution < 1.29 is 41.7 Å². The molecule has 8 nitrogen and oxygen atoms in total. The zero-order chi connectivity index (χ0) is 27.9. The molecule has 3 heterocycles. The van der Waals surface area contributed by atoms with Crippen LogP contribution in [0.25, 0.3) is 0 Å². The van der Waals surface area contributed by atoms with Gasteiger partial charge in [0.05, 0.1) is 42.7 Å². The Labute approximate surface area is 225 Å². The van der Waals surface area contributed by atoms with E-state index in [0.717, 1.165) is 0 Å². The van der Waals surface area contributed by atoms with Crippen molar-refractivity contribution >= 4 is 11.9 Å². The van der Waals surface area contributed by atoms with Crippen LogP contribution in [0.1, 0.15) is 11.5 Å². The van der Waals surface area contributed by atoms with Crippen molar-refractivity contribution in [3.8, 4) is 5.75 Å². The highest BCUT2D eigenvalue weighted by atomic mass is 19.3. The Morgan fingerprint density at radius 3 is 1.69 bits per heavy atom. The fourth-order valence-corrected chi connectivity index (χ4v) is 4.73. The van der Waals surface area contributed by atoms with E-state index in [0.29, 0.717) is 11.4 Å². The van der Waals surface area contributed by atoms with Gasteiger partial charge in [0.25, 0.3) is 0 Å². The molecule has 1 aromatic carbocycles. The summed E-state index contributed by atoms with van der Waals surface area (Å²) in [6.45, 7) is -2.66. The van der Waals surface area contributed by atoms with Gasteiger partial charge in [-0.15, -0.1) is 0 Å². The Balaban J connectivity index is 2.04. The molecule has 0 aliphatic carbocycles. The van der Waals surface area contributed by atoms with Crippen LogP contribution in [0.3, 0.4) is 0 Å². The number of para-hydroxylation sites is 1. The molecular weight excluding hydrogens is 508 g/mol. The molecule has 0 amide bonds. The first-order chi connectivity index (χ1) is 18.8. The van der Waals surface area contributed by atoms with Gasteiger partial charge in [-0.25, -0.2) is 9.59 Å². The van der Waals surface area contributed by atoms with Crippen LogP contribution in [0.4, 0.5) is 8.78 Å². The van der Waals surface area contributed by atoms with Gasteiger partial charge in [0.15, 0.2) is 37.9 Å². The average molecular weight is 538 g/mol. The van der Waals surface area contributed by atoms with Crippen molar-refractivity contribution in [1.29, 1.82) is 0 Å². The zero-order valence-electron chi connectivity index (χ0n) is 21.8. The van der Waals surface area contributed by atoms with Crippen LogP contribution in [0, 0.1) is 0 Å². The summed E-state index contributed by atoms with van der Waals surface area (Å²) >= 11 is 0. The number of carbonyl (C=O) groups is 2. The number of aromatic nitrogens is 2. The van der Waals surface area contributed by atoms with E-state index in [1.165, 1.54) is 20.3 Å². The standard InChI is InChI=1S/C29H29F2N3O5/c1-32-21(18-33-14-8-4-9-15-33)25(27(35)37-2)24(20-12-6-7-13-23(20)39-29(30)31)26(28(36)38-3)22(32)19-34-16-10-5-11-17-34/h4-17,24,29H,18-19H2,1-3H3/q+2. The number of esters is 2. The first kappa shape index (κ1) is 27.4. The molecule has 1 aliphatic heterocycles. The molecule has 0 unspecified atom stereocenters. The van der Waals surface area contributed by atoms with Crippen molar-refractivity contribution in [1.82, 2.24) is 4.90 Å². The molecule has 202 valence electrons. The number of nitrogens with zero attached hydrogens (tertiary/aromatic N) is 3. The molecule has 0 N–H and O–H groups in total. The monoisotopic (exact) mass is 537 g/mol. The fraction of sp³-hybridized carbons (Fsp3) is 0.241. The van der Waals surface area contributed by atoms with Gasteiger partial charge in [-0.05, 0) is 6.07 Å². The maximum atomic E-state index is 13.5. The van der Waals surface area contributed by atoms with Gasteiger partial charge in [-0.2, -0.15) is 17.9 Å². The van der Waals surface area contributed by atoms with Crippen molar-refractivity contribution in [3.63, 3.8) is 0 Å². The molecule has 0 saturated heterocycles. The molecule has 1 aliphatic rings. The number of carbonyl (C=O) groups excluding carboxylic acids is 2. The molecule has 39 heavy (non-hydrogen) atoms. The number of methoxy groups -OCH3 is 2. The van der Waals surface area contributed by atoms with Crippen LogP contribution in [-0.4, -0.2) is 44.7 Å². The second-order valence-electron chi connectivity index (χ2n) is 8.71. The third-order valence-corrected chi connectivity index (χ3v) is 6.48. The van der Waals surface area contributed by atoms with E-state index >= 15 is 0 Å². The minimum absolute atomic E-state index is 0.115. The Bertz CT molecular complexity index is 1310. The molecule has 0 radical (unpaired) electrons. The number of halogens is 2. The Morgan fingerprint density at radius 2 is 1.26 bits per heavy atom. The minimum atomic E-state index is -3.12. The fourth-order valence-electron chi connectivity index (χ4n) is 4.73. The van der Waals surface area contributed by atoms with Crippen LogP contribution < -0.4 is 13.9 Å². The van der Waals surface area contributed by atoms with Crippen molar-refractivity contribution in [2.75, 3.05) is 21.3 Å². The summed E-state index contributed by atoms with van der Waals surface area (Å²) in [7, 11) is 4.22. The van der Waals surface area contributed by atoms with E-state index in [1.807, 2.05) is 70.3 Å². The first-order valence-corrected chi connectivity index (χ1v) is 12.1. The molecule has 10 heteroatoms. The predicted molar refractivity (Wildman–Crippen MR) is 135 cm³/mol. The number of hydrogen-bond acceptors (Lipinski definition) is 6. The lowest BCUT2D eigenvalue weighted by Gasteiger charge is -2.36. The van der Waals surface area contributed by atoms with Crippen LogP contribution in [0.5, 0.6) is 5.75 Å². The van der Waals surface area contributed by atoms with E-state index in [9.17, 15) is 18.4 Å². The van der Waals surface area contributed by atoms with Gasteiger partial charge in [-0.1, -0.05) is 30.3 Å². The number of rotatable bonds is 9. The smallest absolute Gasteiger partial charge is 0.387 e. The number of alkyl halides is 2. The molecule has 0 spiro atoms. The van der Waals surface area contributed by atoms with Gasteiger partial charge in [-0.3, -0.25) is 0 Å². The van der Waals surface area contributed by atoms with Gasteiger partial charge in [0.1, 0.15) is 5.75 Å². The number of benzene rings is 1. The number of allylic oxidation sites excluding steroid dienone is 2. The predicted octanol–water partition coefficient (Wildman–Crippen LogP) is 3.15. The second-order valence-corrected chi connectivity index (χ2v) is 8.71. The van der Waals surface area contributed by atoms with Crippen molar-refractivity contribution in [3.05, 3.63) is 114 Å². The highest BCUT2D eigenvalue weighted by Gasteiger charge is 2.44. The third kappa shape index (κ3) is 5.95. The van der Waals surface area contributed by atoms with Crippen LogP contribution in [0.15, 0.2) is 108 Å². The summed E-state index contributed by atoms with van der Waals surface area (Å²) in [5, 5.41) is 0. The molecular formula is C29H29F2N3O5+2. The van der Waals surface area contributed by atoms with Crippen molar-refractivity contribution in [2.45, 2.75) is 25.6 Å². The highest BCUT2D eigenvalue weighted by Crippen LogP contribution is 2.45. The summed E-state index contributed by atoms with van der Waals surface area (Å²) in [6, 6.07) is 17.2. The summed E-state index contributed by atoms with van der Waals surface area (Å²) in [5.41, 5.74) is 1.48. The quantitative estimate of drug-likeness (QED) is 0.309. The summed E-state index contributed by atoms with van der Waals surface area (Å²) < 4.78 is 45.9. The van der Waals surface area contributed by atoms with Crippen LogP contribution in [-0.2, 0) is 32.2 Å². The van der Waals surface area contributed by atoms with E-state index in [2.05, 4.69) is 0 Å². The second kappa shape index (κ2) is 12.3. The number of ether oxygens (including phenoxy) is 3. The lowest BCUT2D eigenvalue weighted by molar-refractivity contribution is -0.693. The molecule has 0 atom stereocenters. The van der Waals surface area contributed by atoms with E-state index in [4.69, 9.17) is 14.2 Å². The van der Waals surface area contributed by atoms with Gasteiger partial charge >= 0.3 is 18.6 Å². The Morgan fingerprint density at radius 1 is 0.795 bits per heavy atom. The van der Waals surface area contributed by atoms with Crippen LogP contribution in [0.2, 0.25) is 0 Å². The largest absolute Gasteiger partial charge is 0.466 e. The van der Waals surface area contributed by atoms with E-state index < -0.39 is 24.5 Å². The molecule has 0 bridgehead atoms. The molecule has 4 rings (SSSR count). The third-order valence-electron chi connectivity index (χ3n) is 6.48. The van der Waals surface area contributed by atoms with E-state index in [-0.39, 0.29) is 35.5 Å². The zero-order valence-corrected chi connectivity index (χ0v) is 21.8. The SMILES string of the molecule is COC(=O)C1=C(C[n+]2ccccc2)N(C)C(C[n+]2ccccc2)=C(C(=O)OC)C1c1ccccc1OC(F)F. The minimum Gasteiger partial charge on any atom is -0.466 e. The van der Waals surface area contributed by atoms with Gasteiger partial charge in [0.2, 0.25) is 0 Å². The van der Waals surface area contributed by atoms with Gasteiger partial charge in [0, 0.05) is 36.9 Å². The first-order valence-electron chi connectivity index (χ1n) is 12.1. The summed E-state index contributed by atoms with van der Waals surface area (Å²) in [4.78, 5) is 28.7. The Hall–Kier alpha value is -4.60. The van der Waals surface area contributed by atoms with Gasteiger partial charge < -0.3 is 19.1 Å². The lowest BCUT2D eigenvalue weighted by Crippen LogP contribution is -2.46. The highest BCUT2D eigenvalue weighted by molar-refractivity contribution is 6.00. The topological polar surface area (TPSA) is 72.8 Å². The number of likely N-dealkylation sites (N-methyl/N-ethyl adjacent to an activating group) is 1. The van der Waals surface area contributed by atoms with Crippen molar-refractivity contribution in [2.24, 2.45) is 0 Å². The summed E-state index contributed by atoms with van der Waals surface area (Å²) in [5.74, 6) is -2.70. The summed E-state index contributed by atoms with van der Waals surface area (Å²) in [6.07, 6.45) is 7.35. The lowest BCUT2D eigenvalue weighted by atomic mass is 9.78. The molecule has 0 saturated carbocycles. The molecule has 0 fully saturated rings. The van der Waals surface area contributed by atoms with Crippen LogP contribution >= 0.6 is 0 Å². The number of hydrogen-bond donors (Lipinski definition) is 0. The molecule has 2 aromatic heterocycles. The maximum Gasteiger partial charge on any atom is 0.387 e. The van der Waals surface area contributed by atoms with E-state index in [1.54, 1.807) is 30.1 Å². The Kier molecular flexibility index (Phi) is 8.65.